The van der Waals surface area contributed by atoms with Gasteiger partial charge in [-0.25, -0.2) is 0 Å². The van der Waals surface area contributed by atoms with E-state index in [-0.39, 0.29) is 934 Å². The maximum atomic E-state index is 8.74. The minimum absolute atomic E-state index is 0. The van der Waals surface area contributed by atoms with Crippen LogP contribution in [0.4, 0.5) is 0 Å². The summed E-state index contributed by atoms with van der Waals surface area (Å²) in [5.41, 5.74) is 0. The monoisotopic (exact) mass is 1060 g/mol. The van der Waals surface area contributed by atoms with Gasteiger partial charge in [0.1, 0.15) is 0 Å². The Labute approximate surface area is 928 Å². The summed E-state index contributed by atoms with van der Waals surface area (Å²) in [7, 11) is -4.67. The molecule has 0 radical (unpaired) electrons. The Balaban J connectivity index is -0.0000000000341. The molecule has 28 heteroatoms. The van der Waals surface area contributed by atoms with Crippen LogP contribution in [0.15, 0.2) is 0 Å². The first kappa shape index (κ1) is 164. The van der Waals surface area contributed by atoms with Crippen molar-refractivity contribution in [1.29, 1.82) is 0 Å². The smallest absolute Gasteiger partial charge is 1.00 e. The molecule has 0 rings (SSSR count). The van der Waals surface area contributed by atoms with Gasteiger partial charge in [-0.2, -0.15) is 8.42 Å². The second-order valence-corrected chi connectivity index (χ2v) is 1.34. The summed E-state index contributed by atoms with van der Waals surface area (Å²) in [5, 5.41) is 0. The molecule has 124 valence electrons. The van der Waals surface area contributed by atoms with Crippen LogP contribution in [-0.4, -0.2) is 886 Å². The molecular formula is H48Ca23O4S. The Morgan fingerprint density at radius 3 is 0.286 bits per heavy atom. The van der Waals surface area contributed by atoms with Crippen LogP contribution in [0, 0.1) is 0 Å². The van der Waals surface area contributed by atoms with Gasteiger partial charge in [-0.3, -0.25) is 9.11 Å². The summed E-state index contributed by atoms with van der Waals surface area (Å²) in [6.45, 7) is 0. The van der Waals surface area contributed by atoms with E-state index in [2.05, 4.69) is 0 Å². The molecule has 0 atom stereocenters. The molecule has 0 aliphatic rings. The Kier molecular flexibility index (Phi) is 812. The molecule has 0 spiro atoms. The fourth-order valence-corrected chi connectivity index (χ4v) is 0. The summed E-state index contributed by atoms with van der Waals surface area (Å²) < 4.78 is 31.6. The Morgan fingerprint density at radius 1 is 0.286 bits per heavy atom. The van der Waals surface area contributed by atoms with Crippen LogP contribution >= 0.6 is 0 Å². The van der Waals surface area contributed by atoms with Gasteiger partial charge in [-0.05, 0) is 0 Å². The molecule has 0 aromatic heterocycles. The zero-order valence-electron chi connectivity index (χ0n) is 64.4. The minimum Gasteiger partial charge on any atom is -1.00 e. The van der Waals surface area contributed by atoms with E-state index in [9.17, 15) is 0 Å². The largest absolute Gasteiger partial charge is 2.00 e. The van der Waals surface area contributed by atoms with Gasteiger partial charge in [-0.15, -0.1) is 0 Å². The summed E-state index contributed by atoms with van der Waals surface area (Å²) >= 11 is 0. The number of hydrogen-bond donors (Lipinski definition) is 2. The van der Waals surface area contributed by atoms with Gasteiger partial charge in [0.2, 0.25) is 0 Å². The molecule has 0 aliphatic heterocycles. The van der Waals surface area contributed by atoms with Crippen molar-refractivity contribution >= 4 is 878 Å². The van der Waals surface area contributed by atoms with Crippen molar-refractivity contribution in [3.8, 4) is 0 Å². The molecule has 28 heavy (non-hydrogen) atoms. The maximum Gasteiger partial charge on any atom is 2.00 e. The predicted molar refractivity (Wildman–Crippen MR) is 198 cm³/mol. The zero-order valence-corrected chi connectivity index (χ0v) is 70.0. The van der Waals surface area contributed by atoms with Gasteiger partial charge in [-0.1, -0.05) is 0 Å². The first-order chi connectivity index (χ1) is 2.00. The van der Waals surface area contributed by atoms with E-state index in [4.69, 9.17) is 17.5 Å². The first-order valence-corrected chi connectivity index (χ1v) is 2.10. The van der Waals surface area contributed by atoms with Crippen LogP contribution in [0.3, 0.4) is 0 Å². The third-order valence-corrected chi connectivity index (χ3v) is 0. The van der Waals surface area contributed by atoms with Crippen molar-refractivity contribution in [2.75, 3.05) is 0 Å². The van der Waals surface area contributed by atoms with Gasteiger partial charge >= 0.3 is 878 Å². The summed E-state index contributed by atoms with van der Waals surface area (Å²) in [5.74, 6) is 0. The van der Waals surface area contributed by atoms with E-state index >= 15 is 0 Å². The van der Waals surface area contributed by atoms with Crippen LogP contribution in [0.2, 0.25) is 0 Å². The summed E-state index contributed by atoms with van der Waals surface area (Å²) in [6.07, 6.45) is 0. The average Bonchev–Trinajstić information content (AvgIpc) is 0.722. The van der Waals surface area contributed by atoms with Crippen molar-refractivity contribution in [2.45, 2.75) is 0 Å². The quantitative estimate of drug-likeness (QED) is 0.191. The molecule has 2 N–H and O–H groups in total. The van der Waals surface area contributed by atoms with Gasteiger partial charge in [0, 0.05) is 0 Å². The topological polar surface area (TPSA) is 74.6 Å². The Morgan fingerprint density at radius 2 is 0.286 bits per heavy atom. The van der Waals surface area contributed by atoms with Crippen LogP contribution in [0.1, 0.15) is 65.6 Å². The van der Waals surface area contributed by atoms with E-state index in [1.54, 1.807) is 0 Å². The number of rotatable bonds is 0. The molecule has 0 amide bonds. The number of hydrogen-bond acceptors (Lipinski definition) is 2. The predicted octanol–water partition coefficient (Wildman–Crippen LogP) is -4.24. The van der Waals surface area contributed by atoms with Crippen molar-refractivity contribution < 1.29 is 83.1 Å². The van der Waals surface area contributed by atoms with Crippen molar-refractivity contribution in [3.05, 3.63) is 0 Å². The third-order valence-electron chi connectivity index (χ3n) is 0. The molecule has 0 heterocycles. The Bertz CT molecular complexity index is 177. The molecule has 4 nitrogen and oxygen atoms in total. The van der Waals surface area contributed by atoms with E-state index in [1.165, 1.54) is 0 Å². The molecule has 0 saturated heterocycles. The molecular weight excluding hydrogens is 1020 g/mol. The molecule has 0 fully saturated rings. The normalized spacial score (nSPS) is 2.07. The zero-order chi connectivity index (χ0) is 4.50. The van der Waals surface area contributed by atoms with Crippen LogP contribution < -0.4 is 0 Å². The average molecular weight is 1070 g/mol. The molecule has 0 bridgehead atoms. The first-order valence-electron chi connectivity index (χ1n) is 0.698. The molecule has 0 unspecified atom stereocenters. The van der Waals surface area contributed by atoms with Gasteiger partial charge in [0.25, 0.3) is 0 Å². The van der Waals surface area contributed by atoms with E-state index in [0.29, 0.717) is 0 Å². The van der Waals surface area contributed by atoms with Crippen molar-refractivity contribution in [1.82, 2.24) is 0 Å². The Hall–Kier alpha value is 28.8. The standard InChI is InChI=1S/23Ca.H2O4S.46H/c;;;;;;;;;;;;;;;;;;;;;;;1-5(2,3)4;;;;;;;;;;;;;;;;;;;;;;;;;;;;;;;;;;;;;;;;;;;;;;/h;;;;;;;;;;;;;;;;;;;;;;;(H2,1,2,3,4);;;;;;;;;;;;;;;;;;;;;;;;;;;;;;;;;;;;;;;;;;;;;;/q23*+2;;46*-1. The van der Waals surface area contributed by atoms with Gasteiger partial charge < -0.3 is 65.6 Å². The third kappa shape index (κ3) is 191. The van der Waals surface area contributed by atoms with Gasteiger partial charge in [0.05, 0.1) is 0 Å². The van der Waals surface area contributed by atoms with Crippen molar-refractivity contribution in [2.24, 2.45) is 0 Å². The van der Waals surface area contributed by atoms with E-state index < -0.39 is 10.4 Å². The fraction of sp³-hybridized carbons (Fsp3) is 0. The van der Waals surface area contributed by atoms with Gasteiger partial charge in [0.15, 0.2) is 0 Å². The van der Waals surface area contributed by atoms with Crippen molar-refractivity contribution in [3.63, 3.8) is 0 Å². The van der Waals surface area contributed by atoms with Crippen LogP contribution in [0.25, 0.3) is 0 Å². The van der Waals surface area contributed by atoms with E-state index in [0.717, 1.165) is 0 Å². The van der Waals surface area contributed by atoms with E-state index in [1.807, 2.05) is 0 Å². The summed E-state index contributed by atoms with van der Waals surface area (Å²) in [4.78, 5) is 0. The fourth-order valence-electron chi connectivity index (χ4n) is 0. The molecule has 0 saturated carbocycles. The van der Waals surface area contributed by atoms with Crippen LogP contribution in [-0.2, 0) is 10.4 Å². The molecule has 0 aliphatic carbocycles. The minimum atomic E-state index is -4.67. The molecule has 0 aromatic carbocycles. The second kappa shape index (κ2) is 138. The maximum absolute atomic E-state index is 8.74. The van der Waals surface area contributed by atoms with Crippen LogP contribution in [0.5, 0.6) is 0 Å². The SMILES string of the molecule is O=S(=O)(O)O.[Ca+2].[Ca+2].[Ca+2].[Ca+2].[Ca+2].[Ca+2].[Ca+2].[Ca+2].[Ca+2].[Ca+2].[Ca+2].[Ca+2].[Ca+2].[Ca+2].[Ca+2].[Ca+2].[Ca+2].[Ca+2].[Ca+2].[Ca+2].[Ca+2].[Ca+2].[Ca+2].[H-].[H-].[H-].[H-].[H-].[H-].[H-].[H-].[H-].[H-].[H-].[H-].[H-].[H-].[H-].[H-].[H-].[H-].[H-].[H-].[H-].[H-].[H-].[H-].[H-].[H-].[H-].[H-].[H-].[H-].[H-].[H-].[H-].[H-].[H-].[H-].[H-].[H-].[H-].[H-].[H-].[H-].[H-].[H-].[H-].[H-]. The second-order valence-electron chi connectivity index (χ2n) is 0.448. The summed E-state index contributed by atoms with van der Waals surface area (Å²) in [6, 6.07) is 0. The molecule has 0 aromatic rings.